The lowest BCUT2D eigenvalue weighted by Gasteiger charge is -2.17. The summed E-state index contributed by atoms with van der Waals surface area (Å²) in [5, 5.41) is 13.6. The summed E-state index contributed by atoms with van der Waals surface area (Å²) in [5.41, 5.74) is 0.841. The molecule has 1 N–H and O–H groups in total. The second kappa shape index (κ2) is 8.91. The van der Waals surface area contributed by atoms with Crippen molar-refractivity contribution in [1.82, 2.24) is 4.90 Å². The van der Waals surface area contributed by atoms with E-state index in [1.54, 1.807) is 43.1 Å². The molecular formula is C18H20FN3O4. The Morgan fingerprint density at radius 1 is 1.31 bits per heavy atom. The Morgan fingerprint density at radius 2 is 2.04 bits per heavy atom. The number of nitro benzene ring substituents is 1. The zero-order valence-corrected chi connectivity index (χ0v) is 14.6. The normalized spacial score (nSPS) is 10.6. The van der Waals surface area contributed by atoms with Gasteiger partial charge >= 0.3 is 0 Å². The summed E-state index contributed by atoms with van der Waals surface area (Å²) in [6, 6.07) is 10.6. The fourth-order valence-electron chi connectivity index (χ4n) is 2.28. The van der Waals surface area contributed by atoms with Crippen molar-refractivity contribution in [2.45, 2.75) is 6.92 Å². The number of carbonyl (C=O) groups excluding carboxylic acids is 1. The van der Waals surface area contributed by atoms with Gasteiger partial charge in [-0.15, -0.1) is 0 Å². The Kier molecular flexibility index (Phi) is 6.62. The largest absolute Gasteiger partial charge is 0.489 e. The van der Waals surface area contributed by atoms with Crippen LogP contribution in [0.4, 0.5) is 15.8 Å². The van der Waals surface area contributed by atoms with E-state index in [0.717, 1.165) is 0 Å². The summed E-state index contributed by atoms with van der Waals surface area (Å²) in [5.74, 6) is -0.581. The molecular weight excluding hydrogens is 341 g/mol. The highest BCUT2D eigenvalue weighted by atomic mass is 19.1. The molecule has 7 nitrogen and oxygen atoms in total. The van der Waals surface area contributed by atoms with Crippen LogP contribution in [0.15, 0.2) is 42.5 Å². The molecule has 26 heavy (non-hydrogen) atoms. The maximum Gasteiger partial charge on any atom is 0.274 e. The van der Waals surface area contributed by atoms with Gasteiger partial charge in [-0.25, -0.2) is 4.39 Å². The van der Waals surface area contributed by atoms with Gasteiger partial charge in [0, 0.05) is 23.9 Å². The number of nitrogens with one attached hydrogen (secondary N) is 1. The minimum atomic E-state index is -0.489. The number of hydrogen-bond donors (Lipinski definition) is 1. The number of ether oxygens (including phenoxy) is 1. The van der Waals surface area contributed by atoms with Crippen LogP contribution in [0.1, 0.15) is 5.56 Å². The molecule has 0 saturated heterocycles. The number of aryl methyl sites for hydroxylation is 1. The molecule has 0 aromatic heterocycles. The summed E-state index contributed by atoms with van der Waals surface area (Å²) in [6.45, 7) is 2.34. The molecule has 138 valence electrons. The number of amides is 1. The van der Waals surface area contributed by atoms with E-state index >= 15 is 0 Å². The smallest absolute Gasteiger partial charge is 0.274 e. The van der Waals surface area contributed by atoms with Crippen LogP contribution < -0.4 is 10.1 Å². The number of carbonyl (C=O) groups is 1. The first-order valence-corrected chi connectivity index (χ1v) is 7.97. The molecule has 0 fully saturated rings. The Hall–Kier alpha value is -3.00. The van der Waals surface area contributed by atoms with Gasteiger partial charge in [-0.1, -0.05) is 18.2 Å². The predicted molar refractivity (Wildman–Crippen MR) is 95.9 cm³/mol. The van der Waals surface area contributed by atoms with Crippen LogP contribution in [-0.2, 0) is 4.79 Å². The van der Waals surface area contributed by atoms with Crippen LogP contribution in [0, 0.1) is 22.9 Å². The number of nitrogens with zero attached hydrogens (tertiary/aromatic N) is 2. The molecule has 2 rings (SSSR count). The highest BCUT2D eigenvalue weighted by Crippen LogP contribution is 2.22. The summed E-state index contributed by atoms with van der Waals surface area (Å²) in [6.07, 6.45) is 0. The summed E-state index contributed by atoms with van der Waals surface area (Å²) < 4.78 is 18.8. The fraction of sp³-hybridized carbons (Fsp3) is 0.278. The number of anilines is 1. The average molecular weight is 361 g/mol. The van der Waals surface area contributed by atoms with Gasteiger partial charge in [0.2, 0.25) is 5.91 Å². The zero-order chi connectivity index (χ0) is 19.1. The molecule has 0 bridgehead atoms. The van der Waals surface area contributed by atoms with Crippen molar-refractivity contribution in [3.05, 3.63) is 64.0 Å². The van der Waals surface area contributed by atoms with Crippen molar-refractivity contribution >= 4 is 17.3 Å². The molecule has 0 aliphatic rings. The van der Waals surface area contributed by atoms with Crippen LogP contribution in [0.5, 0.6) is 5.75 Å². The average Bonchev–Trinajstić information content (AvgIpc) is 2.58. The van der Waals surface area contributed by atoms with E-state index in [2.05, 4.69) is 5.32 Å². The summed E-state index contributed by atoms with van der Waals surface area (Å²) >= 11 is 0. The minimum Gasteiger partial charge on any atom is -0.489 e. The van der Waals surface area contributed by atoms with Gasteiger partial charge in [0.1, 0.15) is 6.61 Å². The van der Waals surface area contributed by atoms with Gasteiger partial charge in [0.15, 0.2) is 11.6 Å². The first-order chi connectivity index (χ1) is 12.4. The van der Waals surface area contributed by atoms with E-state index in [1.165, 1.54) is 18.2 Å². The van der Waals surface area contributed by atoms with Gasteiger partial charge in [0.25, 0.3) is 5.69 Å². The molecule has 8 heteroatoms. The third kappa shape index (κ3) is 5.52. The lowest BCUT2D eigenvalue weighted by molar-refractivity contribution is -0.385. The van der Waals surface area contributed by atoms with Crippen molar-refractivity contribution < 1.29 is 18.8 Å². The van der Waals surface area contributed by atoms with E-state index in [4.69, 9.17) is 4.74 Å². The fourth-order valence-corrected chi connectivity index (χ4v) is 2.28. The molecule has 0 heterocycles. The molecule has 0 aliphatic heterocycles. The van der Waals surface area contributed by atoms with Crippen molar-refractivity contribution in [3.8, 4) is 5.75 Å². The standard InChI is InChI=1S/C18H20FN3O4/c1-13-7-8-14(11-16(13)22(24)25)20-18(23)12-21(2)9-10-26-17-6-4-3-5-15(17)19/h3-8,11H,9-10,12H2,1-2H3,(H,20,23). The van der Waals surface area contributed by atoms with Crippen molar-refractivity contribution in [1.29, 1.82) is 0 Å². The molecule has 0 unspecified atom stereocenters. The number of nitro groups is 1. The Morgan fingerprint density at radius 3 is 2.73 bits per heavy atom. The second-order valence-corrected chi connectivity index (χ2v) is 5.82. The topological polar surface area (TPSA) is 84.7 Å². The molecule has 0 spiro atoms. The van der Waals surface area contributed by atoms with Gasteiger partial charge in [0.05, 0.1) is 11.5 Å². The van der Waals surface area contributed by atoms with Crippen LogP contribution in [0.2, 0.25) is 0 Å². The third-order valence-electron chi connectivity index (χ3n) is 3.67. The first kappa shape index (κ1) is 19.3. The van der Waals surface area contributed by atoms with Crippen LogP contribution in [0.3, 0.4) is 0 Å². The van der Waals surface area contributed by atoms with E-state index in [0.29, 0.717) is 17.8 Å². The van der Waals surface area contributed by atoms with Gasteiger partial charge in [-0.2, -0.15) is 0 Å². The summed E-state index contributed by atoms with van der Waals surface area (Å²) in [7, 11) is 1.72. The first-order valence-electron chi connectivity index (χ1n) is 7.97. The minimum absolute atomic E-state index is 0.0468. The maximum atomic E-state index is 13.4. The Balaban J connectivity index is 1.81. The molecule has 1 amide bonds. The van der Waals surface area contributed by atoms with Crippen molar-refractivity contribution in [3.63, 3.8) is 0 Å². The highest BCUT2D eigenvalue weighted by Gasteiger charge is 2.13. The molecule has 0 aliphatic carbocycles. The van der Waals surface area contributed by atoms with E-state index in [9.17, 15) is 19.3 Å². The third-order valence-corrected chi connectivity index (χ3v) is 3.67. The number of hydrogen-bond acceptors (Lipinski definition) is 5. The number of benzene rings is 2. The molecule has 2 aromatic carbocycles. The number of likely N-dealkylation sites (N-methyl/N-ethyl adjacent to an activating group) is 1. The monoisotopic (exact) mass is 361 g/mol. The van der Waals surface area contributed by atoms with Crippen molar-refractivity contribution in [2.75, 3.05) is 32.1 Å². The maximum absolute atomic E-state index is 13.4. The number of para-hydroxylation sites is 1. The van der Waals surface area contributed by atoms with Gasteiger partial charge < -0.3 is 10.1 Å². The quantitative estimate of drug-likeness (QED) is 0.577. The second-order valence-electron chi connectivity index (χ2n) is 5.82. The van der Waals surface area contributed by atoms with E-state index in [-0.39, 0.29) is 30.5 Å². The lowest BCUT2D eigenvalue weighted by atomic mass is 10.2. The molecule has 2 aromatic rings. The Bertz CT molecular complexity index is 798. The van der Waals surface area contributed by atoms with E-state index in [1.807, 2.05) is 0 Å². The lowest BCUT2D eigenvalue weighted by Crippen LogP contribution is -2.33. The van der Waals surface area contributed by atoms with E-state index < -0.39 is 10.7 Å². The SMILES string of the molecule is Cc1ccc(NC(=O)CN(C)CCOc2ccccc2F)cc1[N+](=O)[O-]. The van der Waals surface area contributed by atoms with Crippen LogP contribution in [-0.4, -0.2) is 42.5 Å². The number of rotatable bonds is 8. The van der Waals surface area contributed by atoms with Crippen molar-refractivity contribution in [2.24, 2.45) is 0 Å². The zero-order valence-electron chi connectivity index (χ0n) is 14.6. The Labute approximate surface area is 150 Å². The van der Waals surface area contributed by atoms with Gasteiger partial charge in [-0.3, -0.25) is 19.8 Å². The summed E-state index contributed by atoms with van der Waals surface area (Å²) in [4.78, 5) is 24.2. The van der Waals surface area contributed by atoms with Crippen LogP contribution >= 0.6 is 0 Å². The molecule has 0 saturated carbocycles. The molecule has 0 atom stereocenters. The highest BCUT2D eigenvalue weighted by molar-refractivity contribution is 5.92. The van der Waals surface area contributed by atoms with Gasteiger partial charge in [-0.05, 0) is 32.2 Å². The van der Waals surface area contributed by atoms with Crippen LogP contribution in [0.25, 0.3) is 0 Å². The number of halogens is 1. The molecule has 0 radical (unpaired) electrons. The predicted octanol–water partition coefficient (Wildman–Crippen LogP) is 2.99.